The van der Waals surface area contributed by atoms with Gasteiger partial charge < -0.3 is 30.1 Å². The Balaban J connectivity index is 0.000000178. The Labute approximate surface area is 283 Å². The minimum Gasteiger partial charge on any atom is -0.508 e. The van der Waals surface area contributed by atoms with Crippen LogP contribution < -0.4 is 27.5 Å². The number of aromatic nitrogens is 2. The minimum absolute atomic E-state index is 0.0182. The van der Waals surface area contributed by atoms with Gasteiger partial charge in [0, 0.05) is 59.3 Å². The van der Waals surface area contributed by atoms with E-state index in [0.29, 0.717) is 50.1 Å². The van der Waals surface area contributed by atoms with Gasteiger partial charge in [0.25, 0.3) is 0 Å². The van der Waals surface area contributed by atoms with Crippen LogP contribution >= 0.6 is 0 Å². The van der Waals surface area contributed by atoms with Crippen molar-refractivity contribution in [2.24, 2.45) is 0 Å². The third kappa shape index (κ3) is 6.85. The van der Waals surface area contributed by atoms with Gasteiger partial charge >= 0.3 is 17.3 Å². The summed E-state index contributed by atoms with van der Waals surface area (Å²) in [5.41, 5.74) is 13.7. The van der Waals surface area contributed by atoms with E-state index in [9.17, 15) is 23.5 Å². The number of phenolic OH excluding ortho intramolecular Hbond substituents is 1. The molecule has 3 aromatic heterocycles. The summed E-state index contributed by atoms with van der Waals surface area (Å²) in [6.07, 6.45) is 3.32. The number of fused-ring (bicyclic) bond motifs is 2. The van der Waals surface area contributed by atoms with Crippen molar-refractivity contribution in [1.29, 1.82) is 0 Å². The van der Waals surface area contributed by atoms with Crippen molar-refractivity contribution < 1.29 is 27.5 Å². The number of anilines is 2. The number of hydrogen-bond donors (Lipinski definition) is 3. The van der Waals surface area contributed by atoms with Crippen molar-refractivity contribution in [3.8, 4) is 17.5 Å². The fourth-order valence-electron chi connectivity index (χ4n) is 5.53. The van der Waals surface area contributed by atoms with E-state index in [1.54, 1.807) is 80.8 Å². The summed E-state index contributed by atoms with van der Waals surface area (Å²) in [5.74, 6) is -0.583. The Morgan fingerprint density at radius 3 is 1.74 bits per heavy atom. The second-order valence-electron chi connectivity index (χ2n) is 11.5. The molecule has 0 saturated heterocycles. The van der Waals surface area contributed by atoms with E-state index in [1.807, 2.05) is 0 Å². The van der Waals surface area contributed by atoms with Gasteiger partial charge in [-0.1, -0.05) is 24.3 Å². The number of aromatic hydroxyl groups is 1. The highest BCUT2D eigenvalue weighted by Crippen LogP contribution is 2.28. The number of hydrogen-bond acceptors (Lipinski definition) is 10. The lowest BCUT2D eigenvalue weighted by atomic mass is 9.99. The first-order valence-electron chi connectivity index (χ1n) is 15.3. The highest BCUT2D eigenvalue weighted by atomic mass is 19.1. The van der Waals surface area contributed by atoms with Gasteiger partial charge in [-0.15, -0.1) is 0 Å². The topological polar surface area (TPSA) is 168 Å². The summed E-state index contributed by atoms with van der Waals surface area (Å²) in [6, 6.07) is 21.0. The lowest BCUT2D eigenvalue weighted by molar-refractivity contribution is 0.440. The number of nitrogens with two attached hydrogens (primary N) is 2. The normalized spacial score (nSPS) is 11.0. The molecule has 0 fully saturated rings. The lowest BCUT2D eigenvalue weighted by Crippen LogP contribution is -2.12. The van der Waals surface area contributed by atoms with Crippen molar-refractivity contribution in [1.82, 2.24) is 9.97 Å². The van der Waals surface area contributed by atoms with Crippen LogP contribution in [0, 0.1) is 25.5 Å². The predicted molar refractivity (Wildman–Crippen MR) is 185 cm³/mol. The summed E-state index contributed by atoms with van der Waals surface area (Å²) in [6.45, 7) is 3.58. The molecule has 5 N–H and O–H groups in total. The SMILES string of the molecule is Cc1c(Cc2cccc(N)c2F)c(=O)oc2cc(O)ccc12.Cc1c(Cc2cccc(N)c2F)c(=O)oc2cc(Oc3ncccn3)ccc12. The van der Waals surface area contributed by atoms with E-state index >= 15 is 0 Å². The zero-order chi connectivity index (χ0) is 35.5. The molecule has 0 unspecified atom stereocenters. The quantitative estimate of drug-likeness (QED) is 0.122. The van der Waals surface area contributed by atoms with Crippen LogP contribution in [0.5, 0.6) is 17.5 Å². The highest BCUT2D eigenvalue weighted by molar-refractivity contribution is 5.83. The molecule has 0 radical (unpaired) electrons. The van der Waals surface area contributed by atoms with Gasteiger partial charge in [-0.3, -0.25) is 0 Å². The third-order valence-electron chi connectivity index (χ3n) is 8.23. The highest BCUT2D eigenvalue weighted by Gasteiger charge is 2.17. The summed E-state index contributed by atoms with van der Waals surface area (Å²) >= 11 is 0. The molecule has 252 valence electrons. The molecule has 50 heavy (non-hydrogen) atoms. The number of halogens is 2. The number of nitrogen functional groups attached to an aromatic ring is 2. The van der Waals surface area contributed by atoms with Crippen molar-refractivity contribution in [3.05, 3.63) is 157 Å². The molecule has 0 amide bonds. The number of nitrogens with zero attached hydrogens (tertiary/aromatic N) is 2. The summed E-state index contributed by atoms with van der Waals surface area (Å²) < 4.78 is 44.5. The maximum absolute atomic E-state index is 14.2. The first kappa shape index (κ1) is 33.3. The van der Waals surface area contributed by atoms with E-state index in [-0.39, 0.29) is 36.0 Å². The smallest absolute Gasteiger partial charge is 0.340 e. The summed E-state index contributed by atoms with van der Waals surface area (Å²) in [4.78, 5) is 32.7. The van der Waals surface area contributed by atoms with Crippen LogP contribution in [0.25, 0.3) is 21.9 Å². The second kappa shape index (κ2) is 13.9. The van der Waals surface area contributed by atoms with E-state index in [1.165, 1.54) is 24.3 Å². The molecular formula is C38H30F2N4O6. The fraction of sp³-hybridized carbons (Fsp3) is 0.105. The average molecular weight is 677 g/mol. The molecule has 0 saturated carbocycles. The van der Waals surface area contributed by atoms with E-state index < -0.39 is 22.9 Å². The van der Waals surface area contributed by atoms with Gasteiger partial charge in [-0.2, -0.15) is 0 Å². The van der Waals surface area contributed by atoms with E-state index in [4.69, 9.17) is 25.0 Å². The molecular weight excluding hydrogens is 646 g/mol. The predicted octanol–water partition coefficient (Wildman–Crippen LogP) is 7.11. The second-order valence-corrected chi connectivity index (χ2v) is 11.5. The number of aryl methyl sites for hydroxylation is 2. The van der Waals surface area contributed by atoms with Gasteiger partial charge in [-0.25, -0.2) is 28.3 Å². The first-order valence-corrected chi connectivity index (χ1v) is 15.3. The maximum atomic E-state index is 14.2. The molecule has 3 heterocycles. The summed E-state index contributed by atoms with van der Waals surface area (Å²) in [7, 11) is 0. The van der Waals surface area contributed by atoms with Gasteiger partial charge in [0.1, 0.15) is 34.3 Å². The molecule has 0 atom stereocenters. The van der Waals surface area contributed by atoms with Gasteiger partial charge in [0.05, 0.1) is 11.4 Å². The minimum atomic E-state index is -0.544. The van der Waals surface area contributed by atoms with Crippen LogP contribution in [-0.4, -0.2) is 15.1 Å². The van der Waals surface area contributed by atoms with Crippen LogP contribution in [0.15, 0.2) is 110 Å². The number of benzene rings is 4. The van der Waals surface area contributed by atoms with E-state index in [0.717, 1.165) is 10.9 Å². The van der Waals surface area contributed by atoms with Gasteiger partial charge in [0.2, 0.25) is 0 Å². The molecule has 0 aliphatic heterocycles. The van der Waals surface area contributed by atoms with Crippen molar-refractivity contribution in [2.45, 2.75) is 26.7 Å². The largest absolute Gasteiger partial charge is 0.508 e. The molecule has 7 rings (SSSR count). The monoisotopic (exact) mass is 676 g/mol. The number of ether oxygens (including phenoxy) is 1. The Morgan fingerprint density at radius 1 is 0.700 bits per heavy atom. The maximum Gasteiger partial charge on any atom is 0.340 e. The van der Waals surface area contributed by atoms with Crippen LogP contribution in [0.3, 0.4) is 0 Å². The van der Waals surface area contributed by atoms with Crippen LogP contribution in [0.2, 0.25) is 0 Å². The zero-order valence-corrected chi connectivity index (χ0v) is 26.9. The first-order chi connectivity index (χ1) is 24.0. The molecule has 7 aromatic rings. The molecule has 0 aliphatic carbocycles. The Kier molecular flexibility index (Phi) is 9.26. The average Bonchev–Trinajstić information content (AvgIpc) is 3.09. The van der Waals surface area contributed by atoms with Crippen LogP contribution in [0.4, 0.5) is 20.2 Å². The van der Waals surface area contributed by atoms with Crippen molar-refractivity contribution in [2.75, 3.05) is 11.5 Å². The van der Waals surface area contributed by atoms with Crippen LogP contribution in [0.1, 0.15) is 33.4 Å². The number of phenols is 1. The summed E-state index contributed by atoms with van der Waals surface area (Å²) in [5, 5.41) is 10.9. The van der Waals surface area contributed by atoms with Crippen molar-refractivity contribution in [3.63, 3.8) is 0 Å². The zero-order valence-electron chi connectivity index (χ0n) is 26.9. The number of rotatable bonds is 6. The van der Waals surface area contributed by atoms with Gasteiger partial charge in [0.15, 0.2) is 0 Å². The molecule has 0 bridgehead atoms. The lowest BCUT2D eigenvalue weighted by Gasteiger charge is -2.10. The standard InChI is InChI=1S/C21H16FN3O3.C17H14FNO3/c1-12-15-7-6-14(27-21-24-8-3-9-25-21)11-18(15)28-20(26)16(12)10-13-4-2-5-17(23)19(13)22;1-9-12-6-5-11(20)8-15(12)22-17(21)13(9)7-10-3-2-4-14(19)16(10)18/h2-9,11H,10,23H2,1H3;2-6,8,20H,7,19H2,1H3. The Morgan fingerprint density at radius 2 is 1.20 bits per heavy atom. The van der Waals surface area contributed by atoms with Crippen LogP contribution in [-0.2, 0) is 12.8 Å². The Hall–Kier alpha value is -6.56. The molecule has 0 spiro atoms. The fourth-order valence-corrected chi connectivity index (χ4v) is 5.53. The Bertz CT molecular complexity index is 2500. The van der Waals surface area contributed by atoms with Crippen molar-refractivity contribution >= 4 is 33.3 Å². The molecule has 12 heteroatoms. The van der Waals surface area contributed by atoms with Gasteiger partial charge in [-0.05, 0) is 78.6 Å². The molecule has 4 aromatic carbocycles. The molecule has 10 nitrogen and oxygen atoms in total. The third-order valence-corrected chi connectivity index (χ3v) is 8.23. The van der Waals surface area contributed by atoms with E-state index in [2.05, 4.69) is 9.97 Å². The molecule has 0 aliphatic rings.